The van der Waals surface area contributed by atoms with E-state index in [4.69, 9.17) is 4.98 Å². The minimum absolute atomic E-state index is 0.0654. The number of fused-ring (bicyclic) bond motifs is 1. The summed E-state index contributed by atoms with van der Waals surface area (Å²) in [4.78, 5) is 33.3. The highest BCUT2D eigenvalue weighted by atomic mass is 32.1. The van der Waals surface area contributed by atoms with Gasteiger partial charge in [0.2, 0.25) is 5.91 Å². The number of nitrogens with one attached hydrogen (secondary N) is 1. The number of carbonyl (C=O) groups is 2. The van der Waals surface area contributed by atoms with Crippen molar-refractivity contribution in [2.45, 2.75) is 20.8 Å². The molecular weight excluding hydrogens is 422 g/mol. The van der Waals surface area contributed by atoms with Crippen LogP contribution in [-0.2, 0) is 11.8 Å². The Bertz CT molecular complexity index is 1300. The SMILES string of the molecule is Cc1cccc(C)c1NC(=O)CN(C)C(=O)c1cc(-c2cccs2)nc2c1c(C)nn2C. The van der Waals surface area contributed by atoms with Crippen LogP contribution in [0.25, 0.3) is 21.6 Å². The van der Waals surface area contributed by atoms with Crippen molar-refractivity contribution >= 4 is 39.9 Å². The highest BCUT2D eigenvalue weighted by Crippen LogP contribution is 2.30. The van der Waals surface area contributed by atoms with Crippen LogP contribution in [0.5, 0.6) is 0 Å². The Kier molecular flexibility index (Phi) is 5.80. The second-order valence-electron chi connectivity index (χ2n) is 7.92. The van der Waals surface area contributed by atoms with E-state index in [1.165, 1.54) is 4.90 Å². The van der Waals surface area contributed by atoms with Crippen LogP contribution in [0.4, 0.5) is 5.69 Å². The first-order chi connectivity index (χ1) is 15.3. The van der Waals surface area contributed by atoms with Gasteiger partial charge in [-0.05, 0) is 49.4 Å². The number of rotatable bonds is 5. The Morgan fingerprint density at radius 2 is 1.84 bits per heavy atom. The van der Waals surface area contributed by atoms with Gasteiger partial charge in [0.1, 0.15) is 0 Å². The van der Waals surface area contributed by atoms with Gasteiger partial charge in [0.05, 0.1) is 33.8 Å². The molecule has 4 rings (SSSR count). The summed E-state index contributed by atoms with van der Waals surface area (Å²) in [5.41, 5.74) is 5.32. The highest BCUT2D eigenvalue weighted by Gasteiger charge is 2.23. The second-order valence-corrected chi connectivity index (χ2v) is 8.86. The number of hydrogen-bond donors (Lipinski definition) is 1. The molecule has 0 spiro atoms. The van der Waals surface area contributed by atoms with Crippen molar-refractivity contribution in [3.8, 4) is 10.6 Å². The van der Waals surface area contributed by atoms with Gasteiger partial charge in [-0.1, -0.05) is 24.3 Å². The molecule has 0 radical (unpaired) electrons. The monoisotopic (exact) mass is 447 g/mol. The summed E-state index contributed by atoms with van der Waals surface area (Å²) in [6.45, 7) is 5.69. The Labute approximate surface area is 190 Å². The minimum Gasteiger partial charge on any atom is -0.332 e. The number of carbonyl (C=O) groups excluding carboxylic acids is 2. The lowest BCUT2D eigenvalue weighted by molar-refractivity contribution is -0.116. The third-order valence-electron chi connectivity index (χ3n) is 5.45. The van der Waals surface area contributed by atoms with E-state index < -0.39 is 0 Å². The molecule has 2 amide bonds. The maximum Gasteiger partial charge on any atom is 0.254 e. The normalized spacial score (nSPS) is 11.0. The summed E-state index contributed by atoms with van der Waals surface area (Å²) in [7, 11) is 3.45. The minimum atomic E-state index is -0.247. The smallest absolute Gasteiger partial charge is 0.254 e. The van der Waals surface area contributed by atoms with Gasteiger partial charge >= 0.3 is 0 Å². The number of pyridine rings is 1. The molecule has 0 saturated carbocycles. The van der Waals surface area contributed by atoms with Gasteiger partial charge in [-0.15, -0.1) is 11.3 Å². The summed E-state index contributed by atoms with van der Waals surface area (Å²) in [5, 5.41) is 10.1. The maximum absolute atomic E-state index is 13.4. The molecule has 1 N–H and O–H groups in total. The molecule has 7 nitrogen and oxygen atoms in total. The number of aryl methyl sites for hydroxylation is 4. The van der Waals surface area contributed by atoms with Crippen LogP contribution in [0.2, 0.25) is 0 Å². The van der Waals surface area contributed by atoms with E-state index in [1.54, 1.807) is 29.1 Å². The molecule has 32 heavy (non-hydrogen) atoms. The summed E-state index contributed by atoms with van der Waals surface area (Å²) in [6.07, 6.45) is 0. The molecule has 164 valence electrons. The fourth-order valence-corrected chi connectivity index (χ4v) is 4.53. The first-order valence-electron chi connectivity index (χ1n) is 10.3. The molecule has 0 atom stereocenters. The third-order valence-corrected chi connectivity index (χ3v) is 6.34. The summed E-state index contributed by atoms with van der Waals surface area (Å²) in [6, 6.07) is 11.6. The molecule has 0 aliphatic carbocycles. The Hall–Kier alpha value is -3.52. The van der Waals surface area contributed by atoms with Crippen molar-refractivity contribution < 1.29 is 9.59 Å². The molecule has 0 saturated heterocycles. The average molecular weight is 448 g/mol. The number of likely N-dealkylation sites (N-methyl/N-ethyl adjacent to an activating group) is 1. The molecule has 1 aromatic carbocycles. The van der Waals surface area contributed by atoms with Gasteiger partial charge < -0.3 is 10.2 Å². The predicted octanol–water partition coefficient (Wildman–Crippen LogP) is 4.33. The molecule has 0 unspecified atom stereocenters. The topological polar surface area (TPSA) is 80.1 Å². The molecule has 3 aromatic heterocycles. The molecule has 0 fully saturated rings. The van der Waals surface area contributed by atoms with Crippen LogP contribution in [0.3, 0.4) is 0 Å². The summed E-state index contributed by atoms with van der Waals surface area (Å²) >= 11 is 1.56. The number of anilines is 1. The lowest BCUT2D eigenvalue weighted by Crippen LogP contribution is -2.35. The van der Waals surface area contributed by atoms with Crippen molar-refractivity contribution in [3.05, 3.63) is 64.2 Å². The Morgan fingerprint density at radius 1 is 1.12 bits per heavy atom. The van der Waals surface area contributed by atoms with Crippen LogP contribution in [0.1, 0.15) is 27.2 Å². The number of nitrogens with zero attached hydrogens (tertiary/aromatic N) is 4. The zero-order chi connectivity index (χ0) is 23.0. The van der Waals surface area contributed by atoms with Crippen LogP contribution in [0, 0.1) is 20.8 Å². The standard InChI is InChI=1S/C24H25N5O2S/c1-14-8-6-9-15(2)22(14)26-20(30)13-28(4)24(31)17-12-18(19-10-7-11-32-19)25-23-21(17)16(3)27-29(23)5/h6-12H,13H2,1-5H3,(H,26,30). The number of thiophene rings is 1. The van der Waals surface area contributed by atoms with Gasteiger partial charge in [0.25, 0.3) is 5.91 Å². The zero-order valence-corrected chi connectivity index (χ0v) is 19.6. The number of hydrogen-bond acceptors (Lipinski definition) is 5. The largest absolute Gasteiger partial charge is 0.332 e. The quantitative estimate of drug-likeness (QED) is 0.494. The van der Waals surface area contributed by atoms with Crippen molar-refractivity contribution in [2.24, 2.45) is 7.05 Å². The lowest BCUT2D eigenvalue weighted by atomic mass is 10.1. The van der Waals surface area contributed by atoms with E-state index >= 15 is 0 Å². The Morgan fingerprint density at radius 3 is 2.50 bits per heavy atom. The Balaban J connectivity index is 1.65. The molecule has 4 aromatic rings. The van der Waals surface area contributed by atoms with Crippen LogP contribution in [-0.4, -0.2) is 45.1 Å². The lowest BCUT2D eigenvalue weighted by Gasteiger charge is -2.19. The highest BCUT2D eigenvalue weighted by molar-refractivity contribution is 7.13. The summed E-state index contributed by atoms with van der Waals surface area (Å²) in [5.74, 6) is -0.493. The zero-order valence-electron chi connectivity index (χ0n) is 18.8. The molecule has 0 aliphatic heterocycles. The van der Waals surface area contributed by atoms with Gasteiger partial charge in [0.15, 0.2) is 5.65 Å². The van der Waals surface area contributed by atoms with Crippen LogP contribution < -0.4 is 5.32 Å². The maximum atomic E-state index is 13.4. The third kappa shape index (κ3) is 4.01. The van der Waals surface area contributed by atoms with Gasteiger partial charge in [-0.25, -0.2) is 4.98 Å². The first kappa shape index (κ1) is 21.7. The molecule has 0 bridgehead atoms. The van der Waals surface area contributed by atoms with E-state index in [2.05, 4.69) is 10.4 Å². The van der Waals surface area contributed by atoms with E-state index in [1.807, 2.05) is 63.5 Å². The average Bonchev–Trinajstić information content (AvgIpc) is 3.38. The fraction of sp³-hybridized carbons (Fsp3) is 0.250. The molecule has 3 heterocycles. The molecular formula is C24H25N5O2S. The van der Waals surface area contributed by atoms with Gasteiger partial charge in [-0.3, -0.25) is 14.3 Å². The van der Waals surface area contributed by atoms with E-state index in [0.717, 1.165) is 27.4 Å². The number of para-hydroxylation sites is 1. The van der Waals surface area contributed by atoms with Crippen molar-refractivity contribution in [1.82, 2.24) is 19.7 Å². The van der Waals surface area contributed by atoms with E-state index in [-0.39, 0.29) is 18.4 Å². The van der Waals surface area contributed by atoms with E-state index in [9.17, 15) is 9.59 Å². The van der Waals surface area contributed by atoms with Crippen molar-refractivity contribution in [2.75, 3.05) is 18.9 Å². The van der Waals surface area contributed by atoms with Crippen LogP contribution in [0.15, 0.2) is 41.8 Å². The molecule has 0 aliphatic rings. The van der Waals surface area contributed by atoms with Gasteiger partial charge in [0, 0.05) is 19.8 Å². The van der Waals surface area contributed by atoms with Gasteiger partial charge in [-0.2, -0.15) is 5.10 Å². The predicted molar refractivity (Wildman–Crippen MR) is 128 cm³/mol. The van der Waals surface area contributed by atoms with Crippen molar-refractivity contribution in [1.29, 1.82) is 0 Å². The van der Waals surface area contributed by atoms with E-state index in [0.29, 0.717) is 22.3 Å². The van der Waals surface area contributed by atoms with Crippen molar-refractivity contribution in [3.63, 3.8) is 0 Å². The van der Waals surface area contributed by atoms with Crippen LogP contribution >= 0.6 is 11.3 Å². The number of amides is 2. The molecule has 8 heteroatoms. The first-order valence-corrected chi connectivity index (χ1v) is 11.1. The summed E-state index contributed by atoms with van der Waals surface area (Å²) < 4.78 is 1.69. The number of aromatic nitrogens is 3. The number of benzene rings is 1. The fourth-order valence-electron chi connectivity index (χ4n) is 3.85. The second kappa shape index (κ2) is 8.55.